The molecule has 19 heavy (non-hydrogen) atoms. The zero-order valence-corrected chi connectivity index (χ0v) is 9.98. The van der Waals surface area contributed by atoms with E-state index in [1.807, 2.05) is 0 Å². The third kappa shape index (κ3) is 2.64. The number of halogens is 3. The first-order valence-electron chi connectivity index (χ1n) is 5.44. The lowest BCUT2D eigenvalue weighted by atomic mass is 10.1. The summed E-state index contributed by atoms with van der Waals surface area (Å²) >= 11 is 0. The number of benzene rings is 1. The van der Waals surface area contributed by atoms with Crippen LogP contribution in [0.4, 0.5) is 13.2 Å². The van der Waals surface area contributed by atoms with Gasteiger partial charge < -0.3 is 0 Å². The molecule has 0 radical (unpaired) electrons. The van der Waals surface area contributed by atoms with E-state index >= 15 is 0 Å². The van der Waals surface area contributed by atoms with E-state index in [-0.39, 0.29) is 12.8 Å². The van der Waals surface area contributed by atoms with Crippen LogP contribution < -0.4 is 0 Å². The molecule has 0 fully saturated rings. The molecule has 1 heterocycles. The van der Waals surface area contributed by atoms with Crippen molar-refractivity contribution in [1.29, 1.82) is 0 Å². The van der Waals surface area contributed by atoms with E-state index in [0.29, 0.717) is 10.2 Å². The Morgan fingerprint density at radius 2 is 2.00 bits per heavy atom. The number of aldehydes is 1. The molecule has 2 rings (SSSR count). The van der Waals surface area contributed by atoms with Gasteiger partial charge in [0.2, 0.25) is 0 Å². The Morgan fingerprint density at radius 3 is 2.58 bits per heavy atom. The predicted molar refractivity (Wildman–Crippen MR) is 60.7 cm³/mol. The molecule has 1 aromatic heterocycles. The molecule has 0 aliphatic carbocycles. The summed E-state index contributed by atoms with van der Waals surface area (Å²) in [6, 6.07) is 7.02. The van der Waals surface area contributed by atoms with Gasteiger partial charge in [-0.2, -0.15) is 13.2 Å². The van der Waals surface area contributed by atoms with Crippen molar-refractivity contribution < 1.29 is 18.0 Å². The summed E-state index contributed by atoms with van der Waals surface area (Å²) in [5.74, 6) is 0. The molecule has 0 atom stereocenters. The number of alkyl halides is 3. The minimum atomic E-state index is -4.66. The van der Waals surface area contributed by atoms with E-state index in [2.05, 4.69) is 10.3 Å². The van der Waals surface area contributed by atoms with Crippen LogP contribution >= 0.6 is 0 Å². The third-order valence-electron chi connectivity index (χ3n) is 2.72. The highest BCUT2D eigenvalue weighted by Gasteiger charge is 2.39. The Balaban J connectivity index is 2.44. The molecule has 0 saturated heterocycles. The molecular weight excluding hydrogens is 259 g/mol. The van der Waals surface area contributed by atoms with Crippen molar-refractivity contribution in [3.8, 4) is 0 Å². The molecule has 0 amide bonds. The van der Waals surface area contributed by atoms with Crippen LogP contribution in [0.5, 0.6) is 0 Å². The molecule has 0 aliphatic rings. The number of aryl methyl sites for hydroxylation is 1. The van der Waals surface area contributed by atoms with Gasteiger partial charge in [-0.05, 0) is 18.1 Å². The van der Waals surface area contributed by atoms with Gasteiger partial charge in [0.15, 0.2) is 17.7 Å². The topological polar surface area (TPSA) is 47.8 Å². The summed E-state index contributed by atoms with van der Waals surface area (Å²) in [5, 5.41) is 6.66. The number of nitrogens with zero attached hydrogens (tertiary/aromatic N) is 3. The quantitative estimate of drug-likeness (QED) is 0.804. The zero-order chi connectivity index (χ0) is 14.0. The van der Waals surface area contributed by atoms with Crippen molar-refractivity contribution in [3.63, 3.8) is 0 Å². The van der Waals surface area contributed by atoms with Crippen LogP contribution in [0.1, 0.15) is 27.3 Å². The Bertz CT molecular complexity index is 605. The Kier molecular flexibility index (Phi) is 3.37. The highest BCUT2D eigenvalue weighted by Crippen LogP contribution is 2.30. The van der Waals surface area contributed by atoms with Crippen LogP contribution in [0, 0.1) is 6.92 Å². The van der Waals surface area contributed by atoms with E-state index in [0.717, 1.165) is 5.56 Å². The molecule has 0 saturated carbocycles. The molecule has 0 aliphatic heterocycles. The maximum absolute atomic E-state index is 12.9. The fourth-order valence-corrected chi connectivity index (χ4v) is 1.76. The average Bonchev–Trinajstić information content (AvgIpc) is 2.75. The van der Waals surface area contributed by atoms with E-state index in [1.54, 1.807) is 31.2 Å². The highest BCUT2D eigenvalue weighted by molar-refractivity contribution is 5.73. The van der Waals surface area contributed by atoms with Crippen molar-refractivity contribution >= 4 is 6.29 Å². The van der Waals surface area contributed by atoms with Gasteiger partial charge in [-0.1, -0.05) is 29.5 Å². The van der Waals surface area contributed by atoms with Gasteiger partial charge >= 0.3 is 6.18 Å². The summed E-state index contributed by atoms with van der Waals surface area (Å²) in [4.78, 5) is 10.6. The van der Waals surface area contributed by atoms with Crippen LogP contribution in [0.2, 0.25) is 0 Å². The second-order valence-electron chi connectivity index (χ2n) is 4.02. The van der Waals surface area contributed by atoms with Crippen molar-refractivity contribution in [2.45, 2.75) is 19.6 Å². The number of rotatable bonds is 3. The van der Waals surface area contributed by atoms with E-state index in [1.165, 1.54) is 0 Å². The molecule has 7 heteroatoms. The molecule has 100 valence electrons. The van der Waals surface area contributed by atoms with E-state index in [9.17, 15) is 18.0 Å². The summed E-state index contributed by atoms with van der Waals surface area (Å²) in [6.45, 7) is 1.71. The zero-order valence-electron chi connectivity index (χ0n) is 9.98. The van der Waals surface area contributed by atoms with Crippen LogP contribution in [0.15, 0.2) is 24.3 Å². The maximum atomic E-state index is 12.9. The van der Waals surface area contributed by atoms with Gasteiger partial charge in [-0.25, -0.2) is 4.68 Å². The van der Waals surface area contributed by atoms with Gasteiger partial charge in [0, 0.05) is 0 Å². The standard InChI is InChI=1S/C12H10F3N3O/c1-8-4-2-3-5-9(8)6-18-11(12(13,14)15)10(7-19)16-17-18/h2-5,7H,6H2,1H3. The molecule has 0 unspecified atom stereocenters. The highest BCUT2D eigenvalue weighted by atomic mass is 19.4. The first-order valence-corrected chi connectivity index (χ1v) is 5.44. The first kappa shape index (κ1) is 13.3. The summed E-state index contributed by atoms with van der Waals surface area (Å²) in [6.07, 6.45) is -4.60. The van der Waals surface area contributed by atoms with Gasteiger partial charge in [-0.3, -0.25) is 4.79 Å². The lowest BCUT2D eigenvalue weighted by Gasteiger charge is -2.11. The van der Waals surface area contributed by atoms with Gasteiger partial charge in [-0.15, -0.1) is 5.10 Å². The normalized spacial score (nSPS) is 11.6. The summed E-state index contributed by atoms with van der Waals surface area (Å²) in [5.41, 5.74) is -0.277. The number of hydrogen-bond donors (Lipinski definition) is 0. The maximum Gasteiger partial charge on any atom is 0.435 e. The number of aromatic nitrogens is 3. The Morgan fingerprint density at radius 1 is 1.32 bits per heavy atom. The fraction of sp³-hybridized carbons (Fsp3) is 0.250. The SMILES string of the molecule is Cc1ccccc1Cn1nnc(C=O)c1C(F)(F)F. The predicted octanol–water partition coefficient (Wildman–Crippen LogP) is 2.47. The first-order chi connectivity index (χ1) is 8.93. The van der Waals surface area contributed by atoms with Crippen LogP contribution in [-0.4, -0.2) is 21.3 Å². The second-order valence-corrected chi connectivity index (χ2v) is 4.02. The Labute approximate surface area is 106 Å². The monoisotopic (exact) mass is 269 g/mol. The minimum Gasteiger partial charge on any atom is -0.296 e. The second kappa shape index (κ2) is 4.83. The van der Waals surface area contributed by atoms with Crippen molar-refractivity contribution in [3.05, 3.63) is 46.8 Å². The fourth-order valence-electron chi connectivity index (χ4n) is 1.76. The van der Waals surface area contributed by atoms with Crippen LogP contribution in [0.25, 0.3) is 0 Å². The lowest BCUT2D eigenvalue weighted by molar-refractivity contribution is -0.144. The average molecular weight is 269 g/mol. The third-order valence-corrected chi connectivity index (χ3v) is 2.72. The smallest absolute Gasteiger partial charge is 0.296 e. The molecule has 0 bridgehead atoms. The number of carbonyl (C=O) groups is 1. The van der Waals surface area contributed by atoms with Crippen LogP contribution in [-0.2, 0) is 12.7 Å². The largest absolute Gasteiger partial charge is 0.435 e. The lowest BCUT2D eigenvalue weighted by Crippen LogP contribution is -2.17. The summed E-state index contributed by atoms with van der Waals surface area (Å²) in [7, 11) is 0. The Hall–Kier alpha value is -2.18. The van der Waals surface area contributed by atoms with Crippen LogP contribution in [0.3, 0.4) is 0 Å². The summed E-state index contributed by atoms with van der Waals surface area (Å²) < 4.78 is 39.3. The molecule has 4 nitrogen and oxygen atoms in total. The van der Waals surface area contributed by atoms with Gasteiger partial charge in [0.05, 0.1) is 6.54 Å². The van der Waals surface area contributed by atoms with E-state index < -0.39 is 17.6 Å². The molecule has 0 spiro atoms. The van der Waals surface area contributed by atoms with Crippen molar-refractivity contribution in [2.24, 2.45) is 0 Å². The van der Waals surface area contributed by atoms with Gasteiger partial charge in [0.1, 0.15) is 0 Å². The van der Waals surface area contributed by atoms with Crippen molar-refractivity contribution in [1.82, 2.24) is 15.0 Å². The molecule has 0 N–H and O–H groups in total. The molecule has 1 aromatic carbocycles. The van der Waals surface area contributed by atoms with E-state index in [4.69, 9.17) is 0 Å². The molecular formula is C12H10F3N3O. The number of carbonyl (C=O) groups excluding carboxylic acids is 1. The van der Waals surface area contributed by atoms with Gasteiger partial charge in [0.25, 0.3) is 0 Å². The minimum absolute atomic E-state index is 0.0597. The van der Waals surface area contributed by atoms with Crippen molar-refractivity contribution in [2.75, 3.05) is 0 Å². The molecule has 2 aromatic rings. The number of hydrogen-bond acceptors (Lipinski definition) is 3.